The molecule has 10 nitrogen and oxygen atoms in total. The molecule has 0 spiro atoms. The Balaban J connectivity index is 1.50. The molecule has 1 saturated heterocycles. The van der Waals surface area contributed by atoms with Gasteiger partial charge >= 0.3 is 0 Å². The van der Waals surface area contributed by atoms with Crippen molar-refractivity contribution in [2.45, 2.75) is 45.3 Å². The molecular formula is C20H24N6O4. The van der Waals surface area contributed by atoms with E-state index in [1.165, 1.54) is 10.7 Å². The van der Waals surface area contributed by atoms with Gasteiger partial charge in [0.1, 0.15) is 30.4 Å². The highest BCUT2D eigenvalue weighted by molar-refractivity contribution is 5.90. The molecule has 1 fully saturated rings. The monoisotopic (exact) mass is 412 g/mol. The molecule has 0 atom stereocenters. The van der Waals surface area contributed by atoms with Crippen molar-refractivity contribution in [1.29, 1.82) is 0 Å². The van der Waals surface area contributed by atoms with Crippen molar-refractivity contribution in [2.75, 3.05) is 18.5 Å². The lowest BCUT2D eigenvalue weighted by Gasteiger charge is -2.25. The van der Waals surface area contributed by atoms with Gasteiger partial charge in [-0.15, -0.1) is 10.2 Å². The van der Waals surface area contributed by atoms with E-state index in [-0.39, 0.29) is 30.0 Å². The largest absolute Gasteiger partial charge is 0.488 e. The lowest BCUT2D eigenvalue weighted by atomic mass is 10.1. The third-order valence-corrected chi connectivity index (χ3v) is 4.87. The highest BCUT2D eigenvalue weighted by Gasteiger charge is 2.21. The number of ether oxygens (including phenoxy) is 2. The van der Waals surface area contributed by atoms with Crippen LogP contribution in [0.25, 0.3) is 5.65 Å². The van der Waals surface area contributed by atoms with Crippen LogP contribution in [0, 0.1) is 0 Å². The van der Waals surface area contributed by atoms with Gasteiger partial charge in [0.25, 0.3) is 5.56 Å². The molecule has 0 saturated carbocycles. The van der Waals surface area contributed by atoms with Crippen molar-refractivity contribution in [3.63, 3.8) is 0 Å². The summed E-state index contributed by atoms with van der Waals surface area (Å²) in [5.74, 6) is 0.160. The lowest BCUT2D eigenvalue weighted by Crippen LogP contribution is -2.32. The lowest BCUT2D eigenvalue weighted by molar-refractivity contribution is -0.117. The number of fused-ring (bicyclic) bond motifs is 1. The minimum atomic E-state index is -0.383. The first-order chi connectivity index (χ1) is 14.5. The van der Waals surface area contributed by atoms with Crippen molar-refractivity contribution < 1.29 is 14.3 Å². The number of amides is 1. The maximum atomic E-state index is 12.6. The van der Waals surface area contributed by atoms with Crippen LogP contribution in [0.1, 0.15) is 38.3 Å². The number of pyridine rings is 1. The fourth-order valence-electron chi connectivity index (χ4n) is 3.31. The van der Waals surface area contributed by atoms with E-state index in [9.17, 15) is 9.59 Å². The number of carbonyl (C=O) groups is 1. The predicted octanol–water partition coefficient (Wildman–Crippen LogP) is 1.61. The Labute approximate surface area is 172 Å². The molecule has 0 aromatic carbocycles. The minimum absolute atomic E-state index is 0.00387. The zero-order valence-corrected chi connectivity index (χ0v) is 16.9. The van der Waals surface area contributed by atoms with Gasteiger partial charge in [-0.3, -0.25) is 14.0 Å². The second kappa shape index (κ2) is 8.62. The summed E-state index contributed by atoms with van der Waals surface area (Å²) in [4.78, 5) is 25.1. The summed E-state index contributed by atoms with van der Waals surface area (Å²) in [6.07, 6.45) is 4.81. The smallest absolute Gasteiger partial charge is 0.270 e. The molecule has 3 aromatic rings. The van der Waals surface area contributed by atoms with Crippen LogP contribution in [0.5, 0.6) is 5.75 Å². The highest BCUT2D eigenvalue weighted by Crippen LogP contribution is 2.25. The first kappa shape index (κ1) is 20.0. The summed E-state index contributed by atoms with van der Waals surface area (Å²) in [6.45, 7) is 5.04. The standard InChI is InChI=1S/C20H24N6O4/c1-13(2)20-16(30-15-5-7-29-8-6-15)9-19(28)26(24-20)11-18(27)22-14-3-4-17-23-21-12-25(17)10-14/h3-4,9-10,12-13,15H,5-8,11H2,1-2H3,(H,22,27). The van der Waals surface area contributed by atoms with Gasteiger partial charge in [0.15, 0.2) is 5.65 Å². The van der Waals surface area contributed by atoms with Crippen LogP contribution in [-0.4, -0.2) is 49.6 Å². The summed E-state index contributed by atoms with van der Waals surface area (Å²) < 4.78 is 14.3. The molecule has 0 aliphatic carbocycles. The molecule has 1 aliphatic rings. The predicted molar refractivity (Wildman–Crippen MR) is 109 cm³/mol. The fourth-order valence-corrected chi connectivity index (χ4v) is 3.31. The highest BCUT2D eigenvalue weighted by atomic mass is 16.5. The van der Waals surface area contributed by atoms with Crippen LogP contribution < -0.4 is 15.6 Å². The van der Waals surface area contributed by atoms with Crippen molar-refractivity contribution in [3.8, 4) is 5.75 Å². The average molecular weight is 412 g/mol. The van der Waals surface area contributed by atoms with Gasteiger partial charge in [0, 0.05) is 31.0 Å². The third-order valence-electron chi connectivity index (χ3n) is 4.87. The molecule has 4 rings (SSSR count). The number of aromatic nitrogens is 5. The first-order valence-corrected chi connectivity index (χ1v) is 9.95. The van der Waals surface area contributed by atoms with Gasteiger partial charge in [-0.25, -0.2) is 4.68 Å². The molecule has 30 heavy (non-hydrogen) atoms. The number of nitrogens with one attached hydrogen (secondary N) is 1. The van der Waals surface area contributed by atoms with Crippen molar-refractivity contribution >= 4 is 17.2 Å². The van der Waals surface area contributed by atoms with Gasteiger partial charge in [-0.2, -0.15) is 5.10 Å². The maximum Gasteiger partial charge on any atom is 0.270 e. The van der Waals surface area contributed by atoms with E-state index in [1.54, 1.807) is 29.1 Å². The van der Waals surface area contributed by atoms with Crippen molar-refractivity contribution in [3.05, 3.63) is 46.8 Å². The Bertz CT molecular complexity index is 1100. The summed E-state index contributed by atoms with van der Waals surface area (Å²) >= 11 is 0. The van der Waals surface area contributed by atoms with E-state index in [0.29, 0.717) is 36.0 Å². The zero-order chi connectivity index (χ0) is 21.1. The van der Waals surface area contributed by atoms with Gasteiger partial charge in [-0.05, 0) is 12.1 Å². The summed E-state index contributed by atoms with van der Waals surface area (Å²) in [5, 5.41) is 14.9. The Morgan fingerprint density at radius 3 is 2.90 bits per heavy atom. The van der Waals surface area contributed by atoms with Gasteiger partial charge in [0.05, 0.1) is 18.9 Å². The molecule has 0 bridgehead atoms. The SMILES string of the molecule is CC(C)c1nn(CC(=O)Nc2ccc3nncn3c2)c(=O)cc1OC1CCOCC1. The number of hydrogen-bond donors (Lipinski definition) is 1. The number of rotatable bonds is 6. The molecule has 3 aromatic heterocycles. The second-order valence-corrected chi connectivity index (χ2v) is 7.54. The number of carbonyl (C=O) groups excluding carboxylic acids is 1. The summed E-state index contributed by atoms with van der Waals surface area (Å²) in [7, 11) is 0. The van der Waals surface area contributed by atoms with E-state index >= 15 is 0 Å². The minimum Gasteiger partial charge on any atom is -0.488 e. The van der Waals surface area contributed by atoms with Gasteiger partial charge in [0.2, 0.25) is 5.91 Å². The molecule has 10 heteroatoms. The molecule has 1 aliphatic heterocycles. The Kier molecular flexibility index (Phi) is 5.75. The molecule has 4 heterocycles. The number of anilines is 1. The van der Waals surface area contributed by atoms with E-state index < -0.39 is 0 Å². The molecule has 0 unspecified atom stereocenters. The summed E-state index contributed by atoms with van der Waals surface area (Å²) in [5.41, 5.74) is 1.52. The quantitative estimate of drug-likeness (QED) is 0.654. The normalized spacial score (nSPS) is 14.9. The number of nitrogens with zero attached hydrogens (tertiary/aromatic N) is 5. The van der Waals surface area contributed by atoms with Crippen LogP contribution >= 0.6 is 0 Å². The van der Waals surface area contributed by atoms with Gasteiger partial charge < -0.3 is 14.8 Å². The van der Waals surface area contributed by atoms with Gasteiger partial charge in [-0.1, -0.05) is 13.8 Å². The van der Waals surface area contributed by atoms with E-state index in [0.717, 1.165) is 12.8 Å². The average Bonchev–Trinajstić information content (AvgIpc) is 3.18. The third kappa shape index (κ3) is 4.48. The van der Waals surface area contributed by atoms with Crippen LogP contribution in [0.2, 0.25) is 0 Å². The molecular weight excluding hydrogens is 388 g/mol. The van der Waals surface area contributed by atoms with Crippen molar-refractivity contribution in [1.82, 2.24) is 24.4 Å². The molecule has 1 amide bonds. The maximum absolute atomic E-state index is 12.6. The Morgan fingerprint density at radius 1 is 1.33 bits per heavy atom. The zero-order valence-electron chi connectivity index (χ0n) is 16.9. The van der Waals surface area contributed by atoms with Crippen LogP contribution in [0.3, 0.4) is 0 Å². The van der Waals surface area contributed by atoms with E-state index in [2.05, 4.69) is 20.6 Å². The Morgan fingerprint density at radius 2 is 2.13 bits per heavy atom. The Hall–Kier alpha value is -3.27. The molecule has 1 N–H and O–H groups in total. The van der Waals surface area contributed by atoms with Crippen LogP contribution in [0.4, 0.5) is 5.69 Å². The van der Waals surface area contributed by atoms with E-state index in [1.807, 2.05) is 13.8 Å². The fraction of sp³-hybridized carbons (Fsp3) is 0.450. The second-order valence-electron chi connectivity index (χ2n) is 7.54. The number of hydrogen-bond acceptors (Lipinski definition) is 7. The first-order valence-electron chi connectivity index (χ1n) is 9.95. The molecule has 158 valence electrons. The van der Waals surface area contributed by atoms with Crippen LogP contribution in [0.15, 0.2) is 35.5 Å². The topological polar surface area (TPSA) is 113 Å². The van der Waals surface area contributed by atoms with Crippen LogP contribution in [-0.2, 0) is 16.1 Å². The van der Waals surface area contributed by atoms with E-state index in [4.69, 9.17) is 9.47 Å². The summed E-state index contributed by atoms with van der Waals surface area (Å²) in [6, 6.07) is 4.89. The molecule has 0 radical (unpaired) electrons. The van der Waals surface area contributed by atoms with Crippen molar-refractivity contribution in [2.24, 2.45) is 0 Å².